The number of hydrogen-bond donors (Lipinski definition) is 2. The second-order valence-electron chi connectivity index (χ2n) is 3.63. The number of amides is 1. The minimum absolute atomic E-state index is 0.0428. The lowest BCUT2D eigenvalue weighted by atomic mass is 10.2. The Morgan fingerprint density at radius 3 is 2.88 bits per heavy atom. The normalized spacial score (nSPS) is 10.2. The molecule has 0 radical (unpaired) electrons. The number of hydrogen-bond acceptors (Lipinski definition) is 4. The molecule has 0 saturated carbocycles. The van der Waals surface area contributed by atoms with Crippen molar-refractivity contribution in [1.29, 1.82) is 0 Å². The van der Waals surface area contributed by atoms with Gasteiger partial charge in [-0.05, 0) is 19.1 Å². The van der Waals surface area contributed by atoms with Crippen molar-refractivity contribution in [2.75, 3.05) is 0 Å². The summed E-state index contributed by atoms with van der Waals surface area (Å²) >= 11 is 0. The quantitative estimate of drug-likeness (QED) is 0.843. The van der Waals surface area contributed by atoms with Gasteiger partial charge in [-0.1, -0.05) is 17.3 Å². The van der Waals surface area contributed by atoms with Gasteiger partial charge in [0.1, 0.15) is 5.75 Å². The van der Waals surface area contributed by atoms with Crippen LogP contribution in [0.5, 0.6) is 5.75 Å². The maximum absolute atomic E-state index is 11.7. The molecule has 17 heavy (non-hydrogen) atoms. The van der Waals surface area contributed by atoms with E-state index in [4.69, 9.17) is 4.52 Å². The summed E-state index contributed by atoms with van der Waals surface area (Å²) in [5.41, 5.74) is 1.00. The lowest BCUT2D eigenvalue weighted by molar-refractivity contribution is 0.0944. The highest BCUT2D eigenvalue weighted by Gasteiger charge is 2.10. The molecule has 0 aliphatic heterocycles. The maximum Gasteiger partial charge on any atom is 0.255 e. The molecule has 0 aliphatic carbocycles. The number of carbonyl (C=O) groups excluding carboxylic acids is 1. The summed E-state index contributed by atoms with van der Waals surface area (Å²) in [5.74, 6) is 0.183. The second-order valence-corrected chi connectivity index (χ2v) is 3.63. The first-order valence-electron chi connectivity index (χ1n) is 5.15. The predicted molar refractivity (Wildman–Crippen MR) is 60.5 cm³/mol. The Balaban J connectivity index is 2.01. The summed E-state index contributed by atoms with van der Waals surface area (Å²) in [6.45, 7) is 2.05. The minimum Gasteiger partial charge on any atom is -0.507 e. The van der Waals surface area contributed by atoms with Crippen molar-refractivity contribution in [2.24, 2.45) is 0 Å². The first-order chi connectivity index (χ1) is 8.16. The van der Waals surface area contributed by atoms with Gasteiger partial charge in [0.05, 0.1) is 17.8 Å². The van der Waals surface area contributed by atoms with Crippen LogP contribution in [0, 0.1) is 6.92 Å². The fourth-order valence-electron chi connectivity index (χ4n) is 1.43. The maximum atomic E-state index is 11.7. The van der Waals surface area contributed by atoms with E-state index in [1.807, 2.05) is 0 Å². The fourth-order valence-corrected chi connectivity index (χ4v) is 1.43. The topological polar surface area (TPSA) is 75.4 Å². The van der Waals surface area contributed by atoms with Gasteiger partial charge in [0.2, 0.25) is 0 Å². The first-order valence-corrected chi connectivity index (χ1v) is 5.15. The average Bonchev–Trinajstić information content (AvgIpc) is 2.73. The van der Waals surface area contributed by atoms with E-state index in [1.54, 1.807) is 31.2 Å². The largest absolute Gasteiger partial charge is 0.507 e. The number of aryl methyl sites for hydroxylation is 1. The molecule has 0 unspecified atom stereocenters. The standard InChI is InChI=1S/C12H12N2O3/c1-8-6-9(17-14-8)7-13-12(16)10-4-2-3-5-11(10)15/h2-6,15H,7H2,1H3,(H,13,16). The SMILES string of the molecule is Cc1cc(CNC(=O)c2ccccc2O)on1. The lowest BCUT2D eigenvalue weighted by Crippen LogP contribution is -2.22. The van der Waals surface area contributed by atoms with E-state index in [0.717, 1.165) is 5.69 Å². The highest BCUT2D eigenvalue weighted by molar-refractivity contribution is 5.96. The predicted octanol–water partition coefficient (Wildman–Crippen LogP) is 1.62. The van der Waals surface area contributed by atoms with Crippen molar-refractivity contribution in [3.8, 4) is 5.75 Å². The van der Waals surface area contributed by atoms with Gasteiger partial charge >= 0.3 is 0 Å². The molecule has 2 N–H and O–H groups in total. The summed E-state index contributed by atoms with van der Waals surface area (Å²) < 4.78 is 4.95. The molecule has 1 heterocycles. The van der Waals surface area contributed by atoms with E-state index in [1.165, 1.54) is 6.07 Å². The number of para-hydroxylation sites is 1. The van der Waals surface area contributed by atoms with E-state index in [0.29, 0.717) is 5.76 Å². The van der Waals surface area contributed by atoms with Crippen molar-refractivity contribution in [3.63, 3.8) is 0 Å². The van der Waals surface area contributed by atoms with Crippen LogP contribution >= 0.6 is 0 Å². The number of aromatic hydroxyl groups is 1. The van der Waals surface area contributed by atoms with Crippen LogP contribution in [0.15, 0.2) is 34.9 Å². The molecular weight excluding hydrogens is 220 g/mol. The Bertz CT molecular complexity index is 534. The van der Waals surface area contributed by atoms with Crippen LogP contribution in [0.4, 0.5) is 0 Å². The van der Waals surface area contributed by atoms with Crippen LogP contribution in [-0.4, -0.2) is 16.2 Å². The molecule has 0 fully saturated rings. The van der Waals surface area contributed by atoms with Gasteiger partial charge < -0.3 is 14.9 Å². The van der Waals surface area contributed by atoms with Crippen LogP contribution in [0.3, 0.4) is 0 Å². The van der Waals surface area contributed by atoms with E-state index in [-0.39, 0.29) is 23.8 Å². The highest BCUT2D eigenvalue weighted by Crippen LogP contribution is 2.15. The summed E-state index contributed by atoms with van der Waals surface area (Å²) in [5, 5.41) is 15.8. The second kappa shape index (κ2) is 4.69. The van der Waals surface area contributed by atoms with E-state index in [2.05, 4.69) is 10.5 Å². The fraction of sp³-hybridized carbons (Fsp3) is 0.167. The zero-order valence-electron chi connectivity index (χ0n) is 9.30. The zero-order valence-corrected chi connectivity index (χ0v) is 9.30. The number of nitrogens with one attached hydrogen (secondary N) is 1. The Hall–Kier alpha value is -2.30. The molecule has 88 valence electrons. The third-order valence-corrected chi connectivity index (χ3v) is 2.25. The number of carbonyl (C=O) groups is 1. The molecule has 0 saturated heterocycles. The Labute approximate surface area is 98.1 Å². The van der Waals surface area contributed by atoms with Crippen LogP contribution in [0.25, 0.3) is 0 Å². The minimum atomic E-state index is -0.350. The lowest BCUT2D eigenvalue weighted by Gasteiger charge is -2.04. The monoisotopic (exact) mass is 232 g/mol. The number of benzene rings is 1. The molecule has 2 aromatic rings. The Kier molecular flexibility index (Phi) is 3.09. The third-order valence-electron chi connectivity index (χ3n) is 2.25. The van der Waals surface area contributed by atoms with Crippen LogP contribution in [-0.2, 0) is 6.54 Å². The third kappa shape index (κ3) is 2.63. The molecule has 1 aromatic carbocycles. The van der Waals surface area contributed by atoms with E-state index >= 15 is 0 Å². The molecule has 0 spiro atoms. The van der Waals surface area contributed by atoms with Crippen LogP contribution < -0.4 is 5.32 Å². The van der Waals surface area contributed by atoms with Gasteiger partial charge in [-0.3, -0.25) is 4.79 Å². The van der Waals surface area contributed by atoms with Crippen molar-refractivity contribution in [3.05, 3.63) is 47.3 Å². The van der Waals surface area contributed by atoms with Crippen molar-refractivity contribution in [1.82, 2.24) is 10.5 Å². The number of phenols is 1. The van der Waals surface area contributed by atoms with Gasteiger partial charge in [-0.25, -0.2) is 0 Å². The van der Waals surface area contributed by atoms with E-state index in [9.17, 15) is 9.90 Å². The van der Waals surface area contributed by atoms with Crippen molar-refractivity contribution >= 4 is 5.91 Å². The molecule has 2 rings (SSSR count). The van der Waals surface area contributed by atoms with Crippen molar-refractivity contribution < 1.29 is 14.4 Å². The number of aromatic nitrogens is 1. The number of rotatable bonds is 3. The van der Waals surface area contributed by atoms with Gasteiger partial charge in [0, 0.05) is 6.07 Å². The molecule has 1 aromatic heterocycles. The molecule has 5 nitrogen and oxygen atoms in total. The Morgan fingerprint density at radius 2 is 2.24 bits per heavy atom. The first kappa shape index (κ1) is 11.2. The van der Waals surface area contributed by atoms with E-state index < -0.39 is 0 Å². The summed E-state index contributed by atoms with van der Waals surface area (Å²) in [6.07, 6.45) is 0. The van der Waals surface area contributed by atoms with Crippen molar-refractivity contribution in [2.45, 2.75) is 13.5 Å². The molecule has 0 atom stereocenters. The van der Waals surface area contributed by atoms with Gasteiger partial charge in [-0.2, -0.15) is 0 Å². The summed E-state index contributed by atoms with van der Waals surface area (Å²) in [6, 6.07) is 8.11. The van der Waals surface area contributed by atoms with Crippen LogP contribution in [0.1, 0.15) is 21.8 Å². The molecule has 0 bridgehead atoms. The average molecular weight is 232 g/mol. The Morgan fingerprint density at radius 1 is 1.47 bits per heavy atom. The zero-order chi connectivity index (χ0) is 12.3. The van der Waals surface area contributed by atoms with Gasteiger partial charge in [0.25, 0.3) is 5.91 Å². The summed E-state index contributed by atoms with van der Waals surface area (Å²) in [4.78, 5) is 11.7. The number of phenolic OH excluding ortho intramolecular Hbond substituents is 1. The molecule has 1 amide bonds. The molecular formula is C12H12N2O3. The summed E-state index contributed by atoms with van der Waals surface area (Å²) in [7, 11) is 0. The highest BCUT2D eigenvalue weighted by atomic mass is 16.5. The van der Waals surface area contributed by atoms with Crippen LogP contribution in [0.2, 0.25) is 0 Å². The molecule has 5 heteroatoms. The van der Waals surface area contributed by atoms with Gasteiger partial charge in [-0.15, -0.1) is 0 Å². The molecule has 0 aliphatic rings. The smallest absolute Gasteiger partial charge is 0.255 e. The van der Waals surface area contributed by atoms with Gasteiger partial charge in [0.15, 0.2) is 5.76 Å². The number of nitrogens with zero attached hydrogens (tertiary/aromatic N) is 1.